The van der Waals surface area contributed by atoms with Crippen molar-refractivity contribution in [3.8, 4) is 0 Å². The van der Waals surface area contributed by atoms with Gasteiger partial charge in [-0.3, -0.25) is 4.98 Å². The number of hydrogen-bond donors (Lipinski definition) is 1. The Labute approximate surface area is 127 Å². The number of rotatable bonds is 1. The molecular weight excluding hydrogens is 293 g/mol. The van der Waals surface area contributed by atoms with E-state index in [2.05, 4.69) is 28.2 Å². The number of anilines is 1. The molecule has 1 aromatic heterocycles. The lowest BCUT2D eigenvalue weighted by Crippen LogP contribution is -2.30. The molecule has 2 unspecified atom stereocenters. The predicted molar refractivity (Wildman–Crippen MR) is 82.8 cm³/mol. The topological polar surface area (TPSA) is 28.2 Å². The molecule has 0 spiro atoms. The summed E-state index contributed by atoms with van der Waals surface area (Å²) < 4.78 is 0. The van der Waals surface area contributed by atoms with Crippen LogP contribution in [0.4, 0.5) is 5.69 Å². The summed E-state index contributed by atoms with van der Waals surface area (Å²) >= 11 is 0. The van der Waals surface area contributed by atoms with Gasteiger partial charge in [0.05, 0.1) is 11.9 Å². The highest BCUT2D eigenvalue weighted by Gasteiger charge is 2.35. The maximum absolute atomic E-state index is 4.26. The highest BCUT2D eigenvalue weighted by Crippen LogP contribution is 2.28. The predicted octanol–water partition coefficient (Wildman–Crippen LogP) is 2.45. The minimum Gasteiger partial charge on any atom is -0.368 e. The van der Waals surface area contributed by atoms with Crippen LogP contribution in [0.5, 0.6) is 0 Å². The summed E-state index contributed by atoms with van der Waals surface area (Å²) in [6, 6.07) is 2.94. The van der Waals surface area contributed by atoms with E-state index in [-0.39, 0.29) is 37.2 Å². The largest absolute Gasteiger partial charge is 0.368 e. The Bertz CT molecular complexity index is 363. The zero-order chi connectivity index (χ0) is 10.3. The number of fused-ring (bicyclic) bond motifs is 1. The van der Waals surface area contributed by atoms with Gasteiger partial charge in [-0.05, 0) is 37.4 Å². The molecule has 2 aliphatic rings. The third kappa shape index (κ3) is 3.41. The molecule has 0 saturated carbocycles. The summed E-state index contributed by atoms with van der Waals surface area (Å²) in [5, 5.41) is 3.57. The number of aryl methyl sites for hydroxylation is 1. The summed E-state index contributed by atoms with van der Waals surface area (Å²) in [4.78, 5) is 6.72. The van der Waals surface area contributed by atoms with E-state index in [0.29, 0.717) is 6.04 Å². The number of aromatic nitrogens is 1. The SMILES string of the molecule is Cc1cncc(N2CC3CCNC3C2)c1.Cl.Cl.Cl. The lowest BCUT2D eigenvalue weighted by molar-refractivity contribution is 0.556. The third-order valence-electron chi connectivity index (χ3n) is 3.59. The molecule has 18 heavy (non-hydrogen) atoms. The van der Waals surface area contributed by atoms with Gasteiger partial charge in [-0.15, -0.1) is 37.2 Å². The van der Waals surface area contributed by atoms with Gasteiger partial charge in [-0.25, -0.2) is 0 Å². The highest BCUT2D eigenvalue weighted by atomic mass is 35.5. The molecular formula is C12H20Cl3N3. The van der Waals surface area contributed by atoms with E-state index in [1.807, 2.05) is 12.4 Å². The second-order valence-electron chi connectivity index (χ2n) is 4.73. The average molecular weight is 313 g/mol. The number of halogens is 3. The van der Waals surface area contributed by atoms with Crippen molar-refractivity contribution in [3.63, 3.8) is 0 Å². The van der Waals surface area contributed by atoms with E-state index in [4.69, 9.17) is 0 Å². The molecule has 104 valence electrons. The highest BCUT2D eigenvalue weighted by molar-refractivity contribution is 5.86. The summed E-state index contributed by atoms with van der Waals surface area (Å²) in [6.07, 6.45) is 5.23. The summed E-state index contributed by atoms with van der Waals surface area (Å²) in [5.41, 5.74) is 2.53. The van der Waals surface area contributed by atoms with Crippen LogP contribution in [0.3, 0.4) is 0 Å². The fraction of sp³-hybridized carbons (Fsp3) is 0.583. The summed E-state index contributed by atoms with van der Waals surface area (Å²) in [6.45, 7) is 5.65. The molecule has 3 rings (SSSR count). The second-order valence-corrected chi connectivity index (χ2v) is 4.73. The van der Waals surface area contributed by atoms with Gasteiger partial charge < -0.3 is 10.2 Å². The van der Waals surface area contributed by atoms with Crippen molar-refractivity contribution in [2.24, 2.45) is 5.92 Å². The molecule has 2 saturated heterocycles. The average Bonchev–Trinajstić information content (AvgIpc) is 2.76. The van der Waals surface area contributed by atoms with Crippen molar-refractivity contribution in [2.75, 3.05) is 24.5 Å². The zero-order valence-corrected chi connectivity index (χ0v) is 12.8. The van der Waals surface area contributed by atoms with Crippen molar-refractivity contribution in [3.05, 3.63) is 24.0 Å². The van der Waals surface area contributed by atoms with Gasteiger partial charge >= 0.3 is 0 Å². The first kappa shape index (κ1) is 17.8. The normalized spacial score (nSPS) is 24.6. The minimum atomic E-state index is 0. The molecule has 0 bridgehead atoms. The van der Waals surface area contributed by atoms with Crippen LogP contribution in [0.25, 0.3) is 0 Å². The lowest BCUT2D eigenvalue weighted by Gasteiger charge is -2.19. The van der Waals surface area contributed by atoms with E-state index in [9.17, 15) is 0 Å². The first-order valence-electron chi connectivity index (χ1n) is 5.73. The summed E-state index contributed by atoms with van der Waals surface area (Å²) in [7, 11) is 0. The Morgan fingerprint density at radius 3 is 2.67 bits per heavy atom. The van der Waals surface area contributed by atoms with Gasteiger partial charge in [-0.1, -0.05) is 0 Å². The molecule has 2 atom stereocenters. The van der Waals surface area contributed by atoms with Crippen LogP contribution >= 0.6 is 37.2 Å². The van der Waals surface area contributed by atoms with Crippen LogP contribution in [0, 0.1) is 12.8 Å². The van der Waals surface area contributed by atoms with Crippen LogP contribution in [-0.2, 0) is 0 Å². The Morgan fingerprint density at radius 2 is 2.00 bits per heavy atom. The van der Waals surface area contributed by atoms with Crippen LogP contribution in [0.2, 0.25) is 0 Å². The van der Waals surface area contributed by atoms with E-state index in [1.165, 1.54) is 30.8 Å². The standard InChI is InChI=1S/C12H17N3.3ClH/c1-9-4-11(6-13-5-9)15-7-10-2-3-14-12(10)8-15;;;/h4-6,10,12,14H,2-3,7-8H2,1H3;3*1H. The Balaban J connectivity index is 0.000000963. The number of pyridine rings is 1. The van der Waals surface area contributed by atoms with E-state index in [1.54, 1.807) is 0 Å². The first-order valence-corrected chi connectivity index (χ1v) is 5.73. The van der Waals surface area contributed by atoms with Gasteiger partial charge in [0.1, 0.15) is 0 Å². The molecule has 3 nitrogen and oxygen atoms in total. The van der Waals surface area contributed by atoms with Crippen molar-refractivity contribution in [2.45, 2.75) is 19.4 Å². The maximum Gasteiger partial charge on any atom is 0.0556 e. The van der Waals surface area contributed by atoms with E-state index >= 15 is 0 Å². The van der Waals surface area contributed by atoms with Gasteiger partial charge in [-0.2, -0.15) is 0 Å². The molecule has 0 amide bonds. The zero-order valence-electron chi connectivity index (χ0n) is 10.3. The molecule has 1 aromatic rings. The monoisotopic (exact) mass is 311 g/mol. The fourth-order valence-electron chi connectivity index (χ4n) is 2.77. The summed E-state index contributed by atoms with van der Waals surface area (Å²) in [5.74, 6) is 0.852. The molecule has 0 aromatic carbocycles. The third-order valence-corrected chi connectivity index (χ3v) is 3.59. The Morgan fingerprint density at radius 1 is 1.22 bits per heavy atom. The van der Waals surface area contributed by atoms with Crippen molar-refractivity contribution in [1.29, 1.82) is 0 Å². The van der Waals surface area contributed by atoms with Crippen LogP contribution in [0.15, 0.2) is 18.5 Å². The van der Waals surface area contributed by atoms with E-state index in [0.717, 1.165) is 12.5 Å². The molecule has 6 heteroatoms. The second kappa shape index (κ2) is 7.39. The fourth-order valence-corrected chi connectivity index (χ4v) is 2.77. The number of nitrogens with one attached hydrogen (secondary N) is 1. The number of hydrogen-bond acceptors (Lipinski definition) is 3. The molecule has 0 aliphatic carbocycles. The van der Waals surface area contributed by atoms with Gasteiger partial charge in [0.2, 0.25) is 0 Å². The van der Waals surface area contributed by atoms with Crippen LogP contribution in [-0.4, -0.2) is 30.7 Å². The van der Waals surface area contributed by atoms with E-state index < -0.39 is 0 Å². The quantitative estimate of drug-likeness (QED) is 0.863. The molecule has 1 N–H and O–H groups in total. The van der Waals surface area contributed by atoms with Crippen molar-refractivity contribution in [1.82, 2.24) is 10.3 Å². The molecule has 3 heterocycles. The molecule has 0 radical (unpaired) electrons. The van der Waals surface area contributed by atoms with Gasteiger partial charge in [0.15, 0.2) is 0 Å². The van der Waals surface area contributed by atoms with Gasteiger partial charge in [0, 0.05) is 25.3 Å². The molecule has 2 aliphatic heterocycles. The van der Waals surface area contributed by atoms with Crippen LogP contribution in [0.1, 0.15) is 12.0 Å². The van der Waals surface area contributed by atoms with Crippen LogP contribution < -0.4 is 10.2 Å². The smallest absolute Gasteiger partial charge is 0.0556 e. The van der Waals surface area contributed by atoms with Crippen molar-refractivity contribution < 1.29 is 0 Å². The lowest BCUT2D eigenvalue weighted by atomic mass is 10.1. The molecule has 2 fully saturated rings. The van der Waals surface area contributed by atoms with Crippen molar-refractivity contribution >= 4 is 42.9 Å². The Hall–Kier alpha value is -0.220. The number of nitrogens with zero attached hydrogens (tertiary/aromatic N) is 2. The maximum atomic E-state index is 4.26. The Kier molecular flexibility index (Phi) is 7.30. The first-order chi connectivity index (χ1) is 7.33. The minimum absolute atomic E-state index is 0. The van der Waals surface area contributed by atoms with Gasteiger partial charge in [0.25, 0.3) is 0 Å².